The van der Waals surface area contributed by atoms with Crippen LogP contribution in [0, 0.1) is 28.1 Å². The van der Waals surface area contributed by atoms with Crippen molar-refractivity contribution in [2.75, 3.05) is 0 Å². The summed E-state index contributed by atoms with van der Waals surface area (Å²) in [5.74, 6) is 2.11. The normalized spacial score (nSPS) is 39.8. The van der Waals surface area contributed by atoms with Crippen LogP contribution in [0.4, 0.5) is 0 Å². The minimum Gasteiger partial charge on any atom is -0.490 e. The second kappa shape index (κ2) is 7.24. The van der Waals surface area contributed by atoms with Gasteiger partial charge in [-0.3, -0.25) is 0 Å². The average Bonchev–Trinajstić information content (AvgIpc) is 3.09. The van der Waals surface area contributed by atoms with Gasteiger partial charge in [-0.15, -0.1) is 0 Å². The predicted octanol–water partition coefficient (Wildman–Crippen LogP) is 7.09. The molecule has 0 radical (unpaired) electrons. The van der Waals surface area contributed by atoms with Crippen molar-refractivity contribution in [3.05, 3.63) is 53.1 Å². The minimum atomic E-state index is -0.160. The van der Waals surface area contributed by atoms with Crippen molar-refractivity contribution in [2.45, 2.75) is 91.8 Å². The summed E-state index contributed by atoms with van der Waals surface area (Å²) in [6.07, 6.45) is 10.7. The number of hydrogen-bond donors (Lipinski definition) is 1. The third kappa shape index (κ3) is 3.08. The third-order valence-electron chi connectivity index (χ3n) is 10.1. The zero-order valence-electron chi connectivity index (χ0n) is 20.1. The SMILES string of the molecule is C[C@@H](Oc1ccccc1)[C@H]1CC=C2C3=C(CC[C@@]21C)[C@@]1(C)CC[C@H](O)C(C)(C)[C@@H]1CC3. The lowest BCUT2D eigenvalue weighted by molar-refractivity contribution is -0.0906. The van der Waals surface area contributed by atoms with Crippen LogP contribution >= 0.6 is 0 Å². The van der Waals surface area contributed by atoms with Gasteiger partial charge in [0.15, 0.2) is 0 Å². The van der Waals surface area contributed by atoms with Crippen molar-refractivity contribution < 1.29 is 9.84 Å². The minimum absolute atomic E-state index is 0.0108. The second-order valence-corrected chi connectivity index (χ2v) is 11.9. The number of aliphatic hydroxyl groups is 1. The van der Waals surface area contributed by atoms with Crippen molar-refractivity contribution in [3.8, 4) is 5.75 Å². The Hall–Kier alpha value is -1.54. The summed E-state index contributed by atoms with van der Waals surface area (Å²) in [5.41, 5.74) is 5.56. The number of para-hydroxylation sites is 1. The lowest BCUT2D eigenvalue weighted by Gasteiger charge is -2.59. The van der Waals surface area contributed by atoms with Gasteiger partial charge >= 0.3 is 0 Å². The van der Waals surface area contributed by atoms with Gasteiger partial charge in [-0.25, -0.2) is 0 Å². The molecule has 6 atom stereocenters. The number of hydrogen-bond acceptors (Lipinski definition) is 2. The van der Waals surface area contributed by atoms with E-state index in [-0.39, 0.29) is 28.5 Å². The lowest BCUT2D eigenvalue weighted by atomic mass is 9.46. The summed E-state index contributed by atoms with van der Waals surface area (Å²) < 4.78 is 6.42. The highest BCUT2D eigenvalue weighted by Gasteiger charge is 2.57. The van der Waals surface area contributed by atoms with Crippen molar-refractivity contribution in [3.63, 3.8) is 0 Å². The van der Waals surface area contributed by atoms with Crippen molar-refractivity contribution in [1.82, 2.24) is 0 Å². The molecule has 168 valence electrons. The molecular weight excluding hydrogens is 380 g/mol. The maximum Gasteiger partial charge on any atom is 0.119 e. The number of rotatable bonds is 3. The van der Waals surface area contributed by atoms with Gasteiger partial charge < -0.3 is 9.84 Å². The molecule has 0 aliphatic heterocycles. The van der Waals surface area contributed by atoms with E-state index in [1.165, 1.54) is 25.7 Å². The molecule has 0 spiro atoms. The number of allylic oxidation sites excluding steroid dienone is 4. The molecular formula is C29H40O2. The first-order valence-electron chi connectivity index (χ1n) is 12.5. The van der Waals surface area contributed by atoms with E-state index < -0.39 is 0 Å². The van der Waals surface area contributed by atoms with Gasteiger partial charge in [0, 0.05) is 5.92 Å². The van der Waals surface area contributed by atoms with Crippen LogP contribution in [0.1, 0.15) is 79.6 Å². The predicted molar refractivity (Wildman–Crippen MR) is 127 cm³/mol. The highest BCUT2D eigenvalue weighted by atomic mass is 16.5. The molecule has 0 aromatic heterocycles. The summed E-state index contributed by atoms with van der Waals surface area (Å²) in [6, 6.07) is 10.3. The van der Waals surface area contributed by atoms with Gasteiger partial charge in [0.25, 0.3) is 0 Å². The maximum atomic E-state index is 10.8. The van der Waals surface area contributed by atoms with Crippen LogP contribution in [0.25, 0.3) is 0 Å². The Bertz CT molecular complexity index is 910. The van der Waals surface area contributed by atoms with E-state index in [1.807, 2.05) is 6.07 Å². The Kier molecular flexibility index (Phi) is 4.97. The highest BCUT2D eigenvalue weighted by molar-refractivity contribution is 5.50. The second-order valence-electron chi connectivity index (χ2n) is 11.9. The van der Waals surface area contributed by atoms with Crippen LogP contribution in [0.15, 0.2) is 53.1 Å². The van der Waals surface area contributed by atoms with E-state index in [1.54, 1.807) is 16.7 Å². The fraction of sp³-hybridized carbons (Fsp3) is 0.655. The Labute approximate surface area is 188 Å². The standard InChI is InChI=1S/C29H40O2/c1-19(31-20-9-7-6-8-10-20)22-12-13-23-21-11-14-25-27(2,3)26(30)16-18-29(25,5)24(21)15-17-28(22,23)4/h6-10,13,19,22,25-26,30H,11-12,14-18H2,1-5H3/t19-,22-,25+,26+,28-,29-/m1/s1. The molecule has 0 saturated heterocycles. The first kappa shape index (κ1) is 21.3. The summed E-state index contributed by atoms with van der Waals surface area (Å²) in [7, 11) is 0. The summed E-state index contributed by atoms with van der Waals surface area (Å²) >= 11 is 0. The first-order valence-corrected chi connectivity index (χ1v) is 12.5. The van der Waals surface area contributed by atoms with Gasteiger partial charge in [-0.1, -0.05) is 57.5 Å². The molecule has 1 fully saturated rings. The third-order valence-corrected chi connectivity index (χ3v) is 10.1. The number of ether oxygens (including phenoxy) is 1. The number of aliphatic hydroxyl groups excluding tert-OH is 1. The molecule has 0 bridgehead atoms. The van der Waals surface area contributed by atoms with Crippen LogP contribution in [0.3, 0.4) is 0 Å². The van der Waals surface area contributed by atoms with Gasteiger partial charge in [-0.2, -0.15) is 0 Å². The maximum absolute atomic E-state index is 10.8. The molecule has 2 heteroatoms. The van der Waals surface area contributed by atoms with Crippen LogP contribution in [0.2, 0.25) is 0 Å². The Morgan fingerprint density at radius 1 is 0.968 bits per heavy atom. The first-order chi connectivity index (χ1) is 14.7. The monoisotopic (exact) mass is 420 g/mol. The van der Waals surface area contributed by atoms with Gasteiger partial charge in [0.05, 0.1) is 12.2 Å². The fourth-order valence-corrected chi connectivity index (χ4v) is 8.22. The molecule has 1 aromatic carbocycles. The molecule has 31 heavy (non-hydrogen) atoms. The summed E-state index contributed by atoms with van der Waals surface area (Å²) in [6.45, 7) is 11.9. The average molecular weight is 421 g/mol. The highest BCUT2D eigenvalue weighted by Crippen LogP contribution is 2.66. The summed E-state index contributed by atoms with van der Waals surface area (Å²) in [5, 5.41) is 10.8. The molecule has 2 nitrogen and oxygen atoms in total. The lowest BCUT2D eigenvalue weighted by Crippen LogP contribution is -2.53. The molecule has 1 N–H and O–H groups in total. The summed E-state index contributed by atoms with van der Waals surface area (Å²) in [4.78, 5) is 0. The van der Waals surface area contributed by atoms with Gasteiger partial charge in [0.1, 0.15) is 5.75 Å². The van der Waals surface area contributed by atoms with Crippen molar-refractivity contribution >= 4 is 0 Å². The van der Waals surface area contributed by atoms with Crippen LogP contribution in [-0.2, 0) is 0 Å². The molecule has 0 heterocycles. The largest absolute Gasteiger partial charge is 0.490 e. The van der Waals surface area contributed by atoms with E-state index in [0.29, 0.717) is 11.8 Å². The fourth-order valence-electron chi connectivity index (χ4n) is 8.22. The van der Waals surface area contributed by atoms with Gasteiger partial charge in [-0.05, 0) is 97.3 Å². The van der Waals surface area contributed by atoms with Crippen molar-refractivity contribution in [1.29, 1.82) is 0 Å². The Morgan fingerprint density at radius 2 is 1.71 bits per heavy atom. The molecule has 1 saturated carbocycles. The van der Waals surface area contributed by atoms with Crippen LogP contribution in [0.5, 0.6) is 5.75 Å². The van der Waals surface area contributed by atoms with E-state index in [2.05, 4.69) is 65.0 Å². The zero-order valence-corrected chi connectivity index (χ0v) is 20.1. The molecule has 4 aliphatic rings. The Balaban J connectivity index is 1.44. The number of fused-ring (bicyclic) bond motifs is 4. The van der Waals surface area contributed by atoms with E-state index in [0.717, 1.165) is 25.0 Å². The molecule has 0 unspecified atom stereocenters. The smallest absolute Gasteiger partial charge is 0.119 e. The molecule has 0 amide bonds. The topological polar surface area (TPSA) is 29.5 Å². The number of benzene rings is 1. The molecule has 4 aliphatic carbocycles. The van der Waals surface area contributed by atoms with Crippen LogP contribution < -0.4 is 4.74 Å². The van der Waals surface area contributed by atoms with Crippen LogP contribution in [-0.4, -0.2) is 17.3 Å². The quantitative estimate of drug-likeness (QED) is 0.565. The molecule has 5 rings (SSSR count). The zero-order chi connectivity index (χ0) is 22.0. The Morgan fingerprint density at radius 3 is 2.45 bits per heavy atom. The van der Waals surface area contributed by atoms with Gasteiger partial charge in [0.2, 0.25) is 0 Å². The van der Waals surface area contributed by atoms with E-state index in [4.69, 9.17) is 4.74 Å². The molecule has 1 aromatic rings. The van der Waals surface area contributed by atoms with E-state index >= 15 is 0 Å². The van der Waals surface area contributed by atoms with E-state index in [9.17, 15) is 5.11 Å². The van der Waals surface area contributed by atoms with Crippen molar-refractivity contribution in [2.24, 2.45) is 28.1 Å².